The lowest BCUT2D eigenvalue weighted by atomic mass is 10.0. The van der Waals surface area contributed by atoms with Crippen molar-refractivity contribution in [3.8, 4) is 0 Å². The molecule has 140 valence electrons. The number of nitrogens with zero attached hydrogens (tertiary/aromatic N) is 1. The molecule has 1 aromatic carbocycles. The average Bonchev–Trinajstić information content (AvgIpc) is 3.19. The Balaban J connectivity index is 1.70. The average molecular weight is 376 g/mol. The van der Waals surface area contributed by atoms with Crippen molar-refractivity contribution in [3.63, 3.8) is 0 Å². The largest absolute Gasteiger partial charge is 0.467 e. The van der Waals surface area contributed by atoms with Gasteiger partial charge < -0.3 is 9.73 Å². The highest BCUT2D eigenvalue weighted by molar-refractivity contribution is 7.89. The van der Waals surface area contributed by atoms with Gasteiger partial charge in [0.1, 0.15) is 5.76 Å². The van der Waals surface area contributed by atoms with Crippen molar-refractivity contribution in [2.45, 2.75) is 50.1 Å². The molecule has 0 saturated carbocycles. The van der Waals surface area contributed by atoms with E-state index < -0.39 is 10.0 Å². The van der Waals surface area contributed by atoms with Crippen LogP contribution in [0.1, 0.15) is 48.7 Å². The lowest BCUT2D eigenvalue weighted by molar-refractivity contribution is 0.0948. The summed E-state index contributed by atoms with van der Waals surface area (Å²) in [4.78, 5) is 12.4. The maximum Gasteiger partial charge on any atom is 0.251 e. The molecule has 1 aliphatic rings. The number of rotatable bonds is 6. The molecule has 26 heavy (non-hydrogen) atoms. The van der Waals surface area contributed by atoms with E-state index in [1.165, 1.54) is 12.1 Å². The van der Waals surface area contributed by atoms with E-state index >= 15 is 0 Å². The molecule has 0 bridgehead atoms. The molecule has 7 heteroatoms. The van der Waals surface area contributed by atoms with Gasteiger partial charge in [-0.2, -0.15) is 4.31 Å². The van der Waals surface area contributed by atoms with E-state index in [9.17, 15) is 13.2 Å². The van der Waals surface area contributed by atoms with Crippen LogP contribution in [0.4, 0.5) is 0 Å². The summed E-state index contributed by atoms with van der Waals surface area (Å²) in [5.41, 5.74) is 0.418. The molecule has 1 N–H and O–H groups in total. The first-order valence-electron chi connectivity index (χ1n) is 8.95. The van der Waals surface area contributed by atoms with Crippen molar-refractivity contribution in [1.29, 1.82) is 0 Å². The molecule has 1 amide bonds. The van der Waals surface area contributed by atoms with Crippen molar-refractivity contribution in [1.82, 2.24) is 9.62 Å². The molecule has 1 fully saturated rings. The third-order valence-electron chi connectivity index (χ3n) is 4.77. The lowest BCUT2D eigenvalue weighted by Crippen LogP contribution is -2.43. The van der Waals surface area contributed by atoms with Gasteiger partial charge in [-0.3, -0.25) is 4.79 Å². The third kappa shape index (κ3) is 3.99. The van der Waals surface area contributed by atoms with Crippen molar-refractivity contribution >= 4 is 15.9 Å². The molecule has 1 atom stereocenters. The van der Waals surface area contributed by atoms with Crippen LogP contribution < -0.4 is 5.32 Å². The number of piperidine rings is 1. The van der Waals surface area contributed by atoms with Crippen molar-refractivity contribution in [3.05, 3.63) is 54.0 Å². The normalized spacial score (nSPS) is 18.6. The van der Waals surface area contributed by atoms with Crippen LogP contribution in [0.15, 0.2) is 52.0 Å². The Labute approximate surface area is 154 Å². The second-order valence-electron chi connectivity index (χ2n) is 6.46. The summed E-state index contributed by atoms with van der Waals surface area (Å²) in [7, 11) is -3.53. The van der Waals surface area contributed by atoms with E-state index in [0.717, 1.165) is 25.7 Å². The Morgan fingerprint density at radius 3 is 2.65 bits per heavy atom. The quantitative estimate of drug-likeness (QED) is 0.840. The van der Waals surface area contributed by atoms with E-state index in [4.69, 9.17) is 4.42 Å². The highest BCUT2D eigenvalue weighted by Crippen LogP contribution is 2.27. The van der Waals surface area contributed by atoms with Crippen LogP contribution in [-0.2, 0) is 16.6 Å². The monoisotopic (exact) mass is 376 g/mol. The Hall–Kier alpha value is -2.12. The highest BCUT2D eigenvalue weighted by Gasteiger charge is 2.32. The van der Waals surface area contributed by atoms with Gasteiger partial charge in [0, 0.05) is 18.2 Å². The molecule has 1 aliphatic heterocycles. The van der Waals surface area contributed by atoms with Gasteiger partial charge in [-0.05, 0) is 55.7 Å². The van der Waals surface area contributed by atoms with Crippen molar-refractivity contribution in [2.24, 2.45) is 0 Å². The maximum atomic E-state index is 12.9. The number of carbonyl (C=O) groups is 1. The SMILES string of the molecule is CCC1CCCCN1S(=O)(=O)c1ccc(C(=O)NCc2ccco2)cc1. The van der Waals surface area contributed by atoms with Crippen LogP contribution in [-0.4, -0.2) is 31.2 Å². The molecular formula is C19H24N2O4S. The van der Waals surface area contributed by atoms with Gasteiger partial charge in [0.25, 0.3) is 5.91 Å². The Morgan fingerprint density at radius 1 is 1.23 bits per heavy atom. The summed E-state index contributed by atoms with van der Waals surface area (Å²) in [6, 6.07) is 9.72. The topological polar surface area (TPSA) is 79.6 Å². The van der Waals surface area contributed by atoms with Crippen LogP contribution in [0.5, 0.6) is 0 Å². The maximum absolute atomic E-state index is 12.9. The van der Waals surface area contributed by atoms with Crippen LogP contribution in [0.3, 0.4) is 0 Å². The zero-order chi connectivity index (χ0) is 18.6. The van der Waals surface area contributed by atoms with Crippen LogP contribution in [0.2, 0.25) is 0 Å². The number of carbonyl (C=O) groups excluding carboxylic acids is 1. The predicted octanol–water partition coefficient (Wildman–Crippen LogP) is 3.16. The summed E-state index contributed by atoms with van der Waals surface area (Å²) in [6.45, 7) is 2.87. The summed E-state index contributed by atoms with van der Waals surface area (Å²) in [6.07, 6.45) is 5.23. The Bertz CT molecular complexity index is 829. The van der Waals surface area contributed by atoms with Gasteiger partial charge in [-0.15, -0.1) is 0 Å². The molecule has 0 radical (unpaired) electrons. The minimum atomic E-state index is -3.53. The van der Waals surface area contributed by atoms with E-state index in [0.29, 0.717) is 17.9 Å². The number of sulfonamides is 1. The Morgan fingerprint density at radius 2 is 2.00 bits per heavy atom. The number of benzene rings is 1. The first-order chi connectivity index (χ1) is 12.5. The molecule has 0 spiro atoms. The fourth-order valence-electron chi connectivity index (χ4n) is 3.29. The lowest BCUT2D eigenvalue weighted by Gasteiger charge is -2.34. The highest BCUT2D eigenvalue weighted by atomic mass is 32.2. The van der Waals surface area contributed by atoms with E-state index in [-0.39, 0.29) is 23.4 Å². The number of furan rings is 1. The Kier molecular flexibility index (Phi) is 5.78. The standard InChI is InChI=1S/C19H24N2O4S/c1-2-16-6-3-4-12-21(16)26(23,24)18-10-8-15(9-11-18)19(22)20-14-17-7-5-13-25-17/h5,7-11,13,16H,2-4,6,12,14H2,1H3,(H,20,22). The first-order valence-corrected chi connectivity index (χ1v) is 10.4. The van der Waals surface area contributed by atoms with Crippen LogP contribution in [0, 0.1) is 0 Å². The molecular weight excluding hydrogens is 352 g/mol. The molecule has 3 rings (SSSR count). The van der Waals surface area contributed by atoms with Gasteiger partial charge in [0.15, 0.2) is 0 Å². The fourth-order valence-corrected chi connectivity index (χ4v) is 5.06. The summed E-state index contributed by atoms with van der Waals surface area (Å²) < 4.78 is 32.6. The van der Waals surface area contributed by atoms with Crippen LogP contribution >= 0.6 is 0 Å². The molecule has 1 saturated heterocycles. The minimum absolute atomic E-state index is 0.0602. The van der Waals surface area contributed by atoms with Gasteiger partial charge in [0.05, 0.1) is 17.7 Å². The second-order valence-corrected chi connectivity index (χ2v) is 8.35. The summed E-state index contributed by atoms with van der Waals surface area (Å²) >= 11 is 0. The first kappa shape index (κ1) is 18.7. The zero-order valence-corrected chi connectivity index (χ0v) is 15.7. The van der Waals surface area contributed by atoms with Crippen molar-refractivity contribution < 1.29 is 17.6 Å². The molecule has 0 aliphatic carbocycles. The number of hydrogen-bond acceptors (Lipinski definition) is 4. The van der Waals surface area contributed by atoms with Crippen LogP contribution in [0.25, 0.3) is 0 Å². The number of nitrogens with one attached hydrogen (secondary N) is 1. The fraction of sp³-hybridized carbons (Fsp3) is 0.421. The summed E-state index contributed by atoms with van der Waals surface area (Å²) in [5.74, 6) is 0.392. The van der Waals surface area contributed by atoms with Gasteiger partial charge in [-0.25, -0.2) is 8.42 Å². The zero-order valence-electron chi connectivity index (χ0n) is 14.8. The van der Waals surface area contributed by atoms with E-state index in [2.05, 4.69) is 5.32 Å². The number of hydrogen-bond donors (Lipinski definition) is 1. The van der Waals surface area contributed by atoms with Gasteiger partial charge in [0.2, 0.25) is 10.0 Å². The third-order valence-corrected chi connectivity index (χ3v) is 6.74. The van der Waals surface area contributed by atoms with E-state index in [1.54, 1.807) is 34.8 Å². The van der Waals surface area contributed by atoms with Gasteiger partial charge >= 0.3 is 0 Å². The summed E-state index contributed by atoms with van der Waals surface area (Å²) in [5, 5.41) is 2.75. The van der Waals surface area contributed by atoms with E-state index in [1.807, 2.05) is 6.92 Å². The second kappa shape index (κ2) is 8.05. The van der Waals surface area contributed by atoms with Crippen molar-refractivity contribution in [2.75, 3.05) is 6.54 Å². The smallest absolute Gasteiger partial charge is 0.251 e. The van der Waals surface area contributed by atoms with Gasteiger partial charge in [-0.1, -0.05) is 13.3 Å². The molecule has 1 unspecified atom stereocenters. The molecule has 1 aromatic heterocycles. The molecule has 6 nitrogen and oxygen atoms in total. The molecule has 2 heterocycles. The predicted molar refractivity (Wildman–Crippen MR) is 98.1 cm³/mol. The molecule has 2 aromatic rings. The minimum Gasteiger partial charge on any atom is -0.467 e. The number of amides is 1.